The predicted octanol–water partition coefficient (Wildman–Crippen LogP) is 3.16. The van der Waals surface area contributed by atoms with Gasteiger partial charge in [-0.2, -0.15) is 0 Å². The van der Waals surface area contributed by atoms with Gasteiger partial charge in [0.15, 0.2) is 0 Å². The molecule has 12 heavy (non-hydrogen) atoms. The third-order valence-electron chi connectivity index (χ3n) is 4.29. The maximum Gasteiger partial charge on any atom is -0.0128 e. The van der Waals surface area contributed by atoms with Gasteiger partial charge in [0.2, 0.25) is 0 Å². The van der Waals surface area contributed by atoms with Gasteiger partial charge in [0.25, 0.3) is 0 Å². The van der Waals surface area contributed by atoms with Gasteiger partial charge in [-0.1, -0.05) is 25.2 Å². The van der Waals surface area contributed by atoms with Crippen LogP contribution in [0, 0.1) is 23.7 Å². The van der Waals surface area contributed by atoms with Gasteiger partial charge in [0.1, 0.15) is 0 Å². The van der Waals surface area contributed by atoms with Crippen molar-refractivity contribution in [3.05, 3.63) is 24.3 Å². The molecule has 0 aromatic carbocycles. The van der Waals surface area contributed by atoms with Crippen LogP contribution < -0.4 is 0 Å². The molecule has 0 heteroatoms. The quantitative estimate of drug-likeness (QED) is 0.552. The Kier molecular flexibility index (Phi) is 1.30. The van der Waals surface area contributed by atoms with E-state index in [-0.39, 0.29) is 0 Å². The summed E-state index contributed by atoms with van der Waals surface area (Å²) in [6.07, 6.45) is 10.5. The van der Waals surface area contributed by atoms with Crippen LogP contribution in [0.2, 0.25) is 0 Å². The van der Waals surface area contributed by atoms with Crippen LogP contribution in [0.15, 0.2) is 24.3 Å². The van der Waals surface area contributed by atoms with Gasteiger partial charge >= 0.3 is 0 Å². The Morgan fingerprint density at radius 3 is 3.00 bits per heavy atom. The minimum Gasteiger partial charge on any atom is -0.0988 e. The highest BCUT2D eigenvalue weighted by Gasteiger charge is 2.48. The zero-order valence-corrected chi connectivity index (χ0v) is 7.50. The van der Waals surface area contributed by atoms with Gasteiger partial charge in [-0.3, -0.25) is 0 Å². The summed E-state index contributed by atoms with van der Waals surface area (Å²) in [5.41, 5.74) is 1.57. The molecule has 2 fully saturated rings. The van der Waals surface area contributed by atoms with Crippen molar-refractivity contribution in [1.82, 2.24) is 0 Å². The maximum atomic E-state index is 3.91. The van der Waals surface area contributed by atoms with E-state index in [9.17, 15) is 0 Å². The molecule has 0 spiro atoms. The first-order valence-electron chi connectivity index (χ1n) is 5.24. The highest BCUT2D eigenvalue weighted by Crippen LogP contribution is 2.58. The molecule has 3 aliphatic rings. The molecule has 3 rings (SSSR count). The Morgan fingerprint density at radius 2 is 2.17 bits per heavy atom. The lowest BCUT2D eigenvalue weighted by Crippen LogP contribution is -2.15. The molecular formula is C12H16. The smallest absolute Gasteiger partial charge is 0.0128 e. The van der Waals surface area contributed by atoms with E-state index in [4.69, 9.17) is 0 Å². The molecule has 3 aliphatic carbocycles. The van der Waals surface area contributed by atoms with Crippen LogP contribution >= 0.6 is 0 Å². The van der Waals surface area contributed by atoms with Crippen LogP contribution in [0.4, 0.5) is 0 Å². The van der Waals surface area contributed by atoms with E-state index in [1.807, 2.05) is 0 Å². The van der Waals surface area contributed by atoms with Crippen molar-refractivity contribution in [3.8, 4) is 0 Å². The van der Waals surface area contributed by atoms with Crippen molar-refractivity contribution >= 4 is 0 Å². The van der Waals surface area contributed by atoms with Crippen LogP contribution in [0.1, 0.15) is 25.7 Å². The SMILES string of the molecule is C=CC1=CC2CC1C1CCCC21. The third kappa shape index (κ3) is 0.688. The highest BCUT2D eigenvalue weighted by atomic mass is 14.5. The fourth-order valence-electron chi connectivity index (χ4n) is 3.86. The molecule has 0 nitrogen and oxygen atoms in total. The van der Waals surface area contributed by atoms with E-state index in [1.54, 1.807) is 5.57 Å². The van der Waals surface area contributed by atoms with E-state index in [2.05, 4.69) is 18.7 Å². The van der Waals surface area contributed by atoms with Crippen LogP contribution in [-0.4, -0.2) is 0 Å². The topological polar surface area (TPSA) is 0 Å². The number of fused-ring (bicyclic) bond motifs is 5. The summed E-state index contributed by atoms with van der Waals surface area (Å²) < 4.78 is 0. The van der Waals surface area contributed by atoms with Gasteiger partial charge < -0.3 is 0 Å². The molecule has 4 unspecified atom stereocenters. The number of rotatable bonds is 1. The van der Waals surface area contributed by atoms with E-state index in [0.717, 1.165) is 23.7 Å². The van der Waals surface area contributed by atoms with E-state index in [1.165, 1.54) is 25.7 Å². The second-order valence-electron chi connectivity index (χ2n) is 4.64. The molecule has 0 saturated heterocycles. The second kappa shape index (κ2) is 2.25. The highest BCUT2D eigenvalue weighted by molar-refractivity contribution is 5.31. The molecule has 0 amide bonds. The number of hydrogen-bond donors (Lipinski definition) is 0. The number of allylic oxidation sites excluding steroid dienone is 3. The van der Waals surface area contributed by atoms with Gasteiger partial charge in [-0.05, 0) is 48.5 Å². The lowest BCUT2D eigenvalue weighted by atomic mass is 9.82. The molecule has 0 aromatic heterocycles. The minimum atomic E-state index is 0.917. The predicted molar refractivity (Wildman–Crippen MR) is 50.7 cm³/mol. The van der Waals surface area contributed by atoms with Crippen LogP contribution in [0.3, 0.4) is 0 Å². The summed E-state index contributed by atoms with van der Waals surface area (Å²) in [6, 6.07) is 0. The summed E-state index contributed by atoms with van der Waals surface area (Å²) >= 11 is 0. The molecule has 0 heterocycles. The molecule has 0 N–H and O–H groups in total. The Morgan fingerprint density at radius 1 is 1.33 bits per heavy atom. The first-order valence-corrected chi connectivity index (χ1v) is 5.24. The summed E-state index contributed by atoms with van der Waals surface area (Å²) in [4.78, 5) is 0. The monoisotopic (exact) mass is 160 g/mol. The molecule has 0 aliphatic heterocycles. The normalized spacial score (nSPS) is 49.2. The fourth-order valence-corrected chi connectivity index (χ4v) is 3.86. The van der Waals surface area contributed by atoms with E-state index in [0.29, 0.717) is 0 Å². The Labute approximate surface area is 74.4 Å². The Bertz CT molecular complexity index is 249. The summed E-state index contributed by atoms with van der Waals surface area (Å²) in [5.74, 6) is 3.97. The van der Waals surface area contributed by atoms with Gasteiger partial charge in [0.05, 0.1) is 0 Å². The largest absolute Gasteiger partial charge is 0.0988 e. The zero-order chi connectivity index (χ0) is 8.13. The van der Waals surface area contributed by atoms with Gasteiger partial charge in [-0.15, -0.1) is 0 Å². The first kappa shape index (κ1) is 6.94. The molecule has 2 bridgehead atoms. The molecule has 64 valence electrons. The zero-order valence-electron chi connectivity index (χ0n) is 7.50. The summed E-state index contributed by atoms with van der Waals surface area (Å²) in [5, 5.41) is 0. The minimum absolute atomic E-state index is 0.917. The summed E-state index contributed by atoms with van der Waals surface area (Å²) in [6.45, 7) is 3.91. The first-order chi connectivity index (χ1) is 5.90. The van der Waals surface area contributed by atoms with Crippen LogP contribution in [-0.2, 0) is 0 Å². The fraction of sp³-hybridized carbons (Fsp3) is 0.667. The van der Waals surface area contributed by atoms with Crippen molar-refractivity contribution in [3.63, 3.8) is 0 Å². The lowest BCUT2D eigenvalue weighted by molar-refractivity contribution is 0.357. The summed E-state index contributed by atoms with van der Waals surface area (Å²) in [7, 11) is 0. The molecule has 0 aromatic rings. The van der Waals surface area contributed by atoms with Crippen molar-refractivity contribution in [2.75, 3.05) is 0 Å². The van der Waals surface area contributed by atoms with Crippen LogP contribution in [0.5, 0.6) is 0 Å². The van der Waals surface area contributed by atoms with Crippen molar-refractivity contribution < 1.29 is 0 Å². The van der Waals surface area contributed by atoms with Crippen molar-refractivity contribution in [2.24, 2.45) is 23.7 Å². The Hall–Kier alpha value is -0.520. The maximum absolute atomic E-state index is 3.91. The second-order valence-corrected chi connectivity index (χ2v) is 4.64. The average Bonchev–Trinajstić information content (AvgIpc) is 2.75. The Balaban J connectivity index is 1.97. The van der Waals surface area contributed by atoms with Crippen LogP contribution in [0.25, 0.3) is 0 Å². The average molecular weight is 160 g/mol. The van der Waals surface area contributed by atoms with Gasteiger partial charge in [0, 0.05) is 0 Å². The lowest BCUT2D eigenvalue weighted by Gasteiger charge is -2.23. The van der Waals surface area contributed by atoms with E-state index >= 15 is 0 Å². The van der Waals surface area contributed by atoms with Crippen molar-refractivity contribution in [2.45, 2.75) is 25.7 Å². The van der Waals surface area contributed by atoms with Gasteiger partial charge in [-0.25, -0.2) is 0 Å². The van der Waals surface area contributed by atoms with Crippen molar-refractivity contribution in [1.29, 1.82) is 0 Å². The molecule has 2 saturated carbocycles. The third-order valence-corrected chi connectivity index (χ3v) is 4.29. The standard InChI is InChI=1S/C12H16/c1-2-8-6-9-7-12(8)11-5-3-4-10(9)11/h2,6,9-12H,1,3-5,7H2. The molecule has 4 atom stereocenters. The number of hydrogen-bond acceptors (Lipinski definition) is 0. The molecule has 0 radical (unpaired) electrons. The molecular weight excluding hydrogens is 144 g/mol. The van der Waals surface area contributed by atoms with E-state index < -0.39 is 0 Å².